The van der Waals surface area contributed by atoms with Gasteiger partial charge in [0.1, 0.15) is 0 Å². The van der Waals surface area contributed by atoms with E-state index in [0.29, 0.717) is 0 Å². The maximum atomic E-state index is 5.99. The lowest BCUT2D eigenvalue weighted by atomic mass is 10.2. The summed E-state index contributed by atoms with van der Waals surface area (Å²) in [5.41, 5.74) is 2.38. The highest BCUT2D eigenvalue weighted by Crippen LogP contribution is 2.31. The fourth-order valence-corrected chi connectivity index (χ4v) is 2.69. The third-order valence-electron chi connectivity index (χ3n) is 2.56. The Hall–Kier alpha value is -0.510. The minimum absolute atomic E-state index is 0.770. The Morgan fingerprint density at radius 2 is 2.20 bits per heavy atom. The Kier molecular flexibility index (Phi) is 3.05. The normalized spacial score (nSPS) is 11.2. The molecular weight excluding hydrogens is 275 g/mol. The van der Waals surface area contributed by atoms with E-state index < -0.39 is 0 Å². The zero-order valence-corrected chi connectivity index (χ0v) is 11.0. The molecule has 80 valence electrons. The fraction of sp³-hybridized carbons (Fsp3) is 0.273. The summed E-state index contributed by atoms with van der Waals surface area (Å²) in [6, 6.07) is 5.94. The lowest BCUT2D eigenvalue weighted by Gasteiger charge is -2.03. The average Bonchev–Trinajstić information content (AvgIpc) is 2.44. The predicted molar refractivity (Wildman–Crippen MR) is 68.4 cm³/mol. The van der Waals surface area contributed by atoms with Gasteiger partial charge in [-0.15, -0.1) is 0 Å². The van der Waals surface area contributed by atoms with Gasteiger partial charge in [0.2, 0.25) is 0 Å². The lowest BCUT2D eigenvalue weighted by molar-refractivity contribution is 0.741. The van der Waals surface area contributed by atoms with Crippen molar-refractivity contribution in [3.63, 3.8) is 0 Å². The highest BCUT2D eigenvalue weighted by atomic mass is 79.9. The number of rotatable bonds is 2. The van der Waals surface area contributed by atoms with Crippen LogP contribution in [0.15, 0.2) is 22.7 Å². The van der Waals surface area contributed by atoms with Crippen molar-refractivity contribution in [2.75, 3.05) is 7.05 Å². The Morgan fingerprint density at radius 3 is 2.87 bits per heavy atom. The molecule has 0 radical (unpaired) electrons. The second-order valence-electron chi connectivity index (χ2n) is 3.51. The van der Waals surface area contributed by atoms with Gasteiger partial charge in [-0.25, -0.2) is 0 Å². The van der Waals surface area contributed by atoms with Crippen LogP contribution in [0.5, 0.6) is 0 Å². The van der Waals surface area contributed by atoms with Crippen molar-refractivity contribution >= 4 is 38.4 Å². The predicted octanol–water partition coefficient (Wildman–Crippen LogP) is 3.31. The molecule has 1 N–H and O–H groups in total. The molecule has 15 heavy (non-hydrogen) atoms. The van der Waals surface area contributed by atoms with E-state index in [1.807, 2.05) is 25.2 Å². The highest BCUT2D eigenvalue weighted by Gasteiger charge is 2.11. The van der Waals surface area contributed by atoms with Gasteiger partial charge in [-0.05, 0) is 35.1 Å². The van der Waals surface area contributed by atoms with Gasteiger partial charge in [0, 0.05) is 34.2 Å². The summed E-state index contributed by atoms with van der Waals surface area (Å²) in [6.45, 7) is 0.837. The van der Waals surface area contributed by atoms with Crippen molar-refractivity contribution in [3.05, 3.63) is 33.4 Å². The van der Waals surface area contributed by atoms with Crippen LogP contribution >= 0.6 is 27.5 Å². The van der Waals surface area contributed by atoms with Crippen LogP contribution in [0.4, 0.5) is 0 Å². The molecule has 2 rings (SSSR count). The number of fused-ring (bicyclic) bond motifs is 1. The minimum Gasteiger partial charge on any atom is -0.345 e. The number of benzene rings is 1. The van der Waals surface area contributed by atoms with Gasteiger partial charge in [-0.1, -0.05) is 17.7 Å². The maximum absolute atomic E-state index is 5.99. The van der Waals surface area contributed by atoms with Crippen LogP contribution in [-0.2, 0) is 13.6 Å². The largest absolute Gasteiger partial charge is 0.345 e. The van der Waals surface area contributed by atoms with Gasteiger partial charge in [0.05, 0.1) is 5.52 Å². The van der Waals surface area contributed by atoms with E-state index in [9.17, 15) is 0 Å². The van der Waals surface area contributed by atoms with Crippen molar-refractivity contribution in [3.8, 4) is 0 Å². The molecule has 0 atom stereocenters. The van der Waals surface area contributed by atoms with E-state index in [-0.39, 0.29) is 0 Å². The summed E-state index contributed by atoms with van der Waals surface area (Å²) in [5, 5.41) is 5.13. The Labute approximate surface area is 102 Å². The number of nitrogens with zero attached hydrogens (tertiary/aromatic N) is 1. The summed E-state index contributed by atoms with van der Waals surface area (Å²) in [5.74, 6) is 0. The van der Waals surface area contributed by atoms with E-state index in [1.54, 1.807) is 0 Å². The zero-order chi connectivity index (χ0) is 11.0. The van der Waals surface area contributed by atoms with Gasteiger partial charge in [-0.2, -0.15) is 0 Å². The van der Waals surface area contributed by atoms with E-state index in [0.717, 1.165) is 21.6 Å². The number of nitrogens with one attached hydrogen (secondary N) is 1. The van der Waals surface area contributed by atoms with Gasteiger partial charge in [0.15, 0.2) is 0 Å². The molecule has 0 spiro atoms. The summed E-state index contributed by atoms with van der Waals surface area (Å²) >= 11 is 9.61. The first kappa shape index (κ1) is 11.0. The monoisotopic (exact) mass is 286 g/mol. The van der Waals surface area contributed by atoms with Crippen LogP contribution in [0.3, 0.4) is 0 Å². The van der Waals surface area contributed by atoms with Crippen molar-refractivity contribution in [1.29, 1.82) is 0 Å². The van der Waals surface area contributed by atoms with Crippen LogP contribution in [0.1, 0.15) is 5.69 Å². The molecule has 1 heterocycles. The molecule has 0 aliphatic carbocycles. The molecule has 2 nitrogen and oxygen atoms in total. The first-order valence-corrected chi connectivity index (χ1v) is 5.89. The molecule has 0 unspecified atom stereocenters. The first-order valence-electron chi connectivity index (χ1n) is 4.72. The number of aromatic nitrogens is 1. The second-order valence-corrected chi connectivity index (χ2v) is 4.74. The summed E-state index contributed by atoms with van der Waals surface area (Å²) in [6.07, 6.45) is 0. The molecule has 1 aromatic heterocycles. The van der Waals surface area contributed by atoms with Crippen LogP contribution in [0.2, 0.25) is 5.02 Å². The van der Waals surface area contributed by atoms with E-state index in [2.05, 4.69) is 32.9 Å². The van der Waals surface area contributed by atoms with Crippen molar-refractivity contribution in [1.82, 2.24) is 9.88 Å². The minimum atomic E-state index is 0.770. The van der Waals surface area contributed by atoms with Crippen LogP contribution in [-0.4, -0.2) is 11.6 Å². The highest BCUT2D eigenvalue weighted by molar-refractivity contribution is 9.10. The summed E-state index contributed by atoms with van der Waals surface area (Å²) < 4.78 is 3.30. The standard InChI is InChI=1S/C11H12BrClN2/c1-14-6-10-11(12)8-4-3-7(13)5-9(8)15(10)2/h3-5,14H,6H2,1-2H3. The molecule has 4 heteroatoms. The van der Waals surface area contributed by atoms with Crippen LogP contribution in [0, 0.1) is 0 Å². The first-order chi connectivity index (χ1) is 7.15. The molecule has 1 aromatic carbocycles. The quantitative estimate of drug-likeness (QED) is 0.897. The molecule has 0 fully saturated rings. The molecule has 0 aliphatic rings. The molecule has 0 bridgehead atoms. The molecule has 0 aliphatic heterocycles. The summed E-state index contributed by atoms with van der Waals surface area (Å²) in [7, 11) is 3.99. The Bertz CT molecular complexity index is 505. The zero-order valence-electron chi connectivity index (χ0n) is 8.64. The van der Waals surface area contributed by atoms with Gasteiger partial charge in [-0.3, -0.25) is 0 Å². The smallest absolute Gasteiger partial charge is 0.0507 e. The topological polar surface area (TPSA) is 17.0 Å². The Balaban J connectivity index is 2.73. The van der Waals surface area contributed by atoms with E-state index in [4.69, 9.17) is 11.6 Å². The maximum Gasteiger partial charge on any atom is 0.0507 e. The van der Waals surface area contributed by atoms with Crippen LogP contribution < -0.4 is 5.32 Å². The molecular formula is C11H12BrClN2. The molecule has 0 saturated carbocycles. The van der Waals surface area contributed by atoms with Gasteiger partial charge < -0.3 is 9.88 Å². The van der Waals surface area contributed by atoms with Crippen LogP contribution in [0.25, 0.3) is 10.9 Å². The Morgan fingerprint density at radius 1 is 1.47 bits per heavy atom. The number of aryl methyl sites for hydroxylation is 1. The number of hydrogen-bond acceptors (Lipinski definition) is 1. The molecule has 0 saturated heterocycles. The fourth-order valence-electron chi connectivity index (χ4n) is 1.78. The number of hydrogen-bond donors (Lipinski definition) is 1. The summed E-state index contributed by atoms with van der Waals surface area (Å²) in [4.78, 5) is 0. The molecule has 2 aromatic rings. The average molecular weight is 288 g/mol. The van der Waals surface area contributed by atoms with Gasteiger partial charge >= 0.3 is 0 Å². The van der Waals surface area contributed by atoms with Gasteiger partial charge in [0.25, 0.3) is 0 Å². The third-order valence-corrected chi connectivity index (χ3v) is 3.68. The van der Waals surface area contributed by atoms with Crippen molar-refractivity contribution in [2.24, 2.45) is 7.05 Å². The molecule has 0 amide bonds. The second kappa shape index (κ2) is 4.16. The van der Waals surface area contributed by atoms with Crippen molar-refractivity contribution in [2.45, 2.75) is 6.54 Å². The number of halogens is 2. The van der Waals surface area contributed by atoms with E-state index >= 15 is 0 Å². The SMILES string of the molecule is CNCc1c(Br)c2ccc(Cl)cc2n1C. The lowest BCUT2D eigenvalue weighted by Crippen LogP contribution is -2.09. The third kappa shape index (κ3) is 1.80. The van der Waals surface area contributed by atoms with Crippen molar-refractivity contribution < 1.29 is 0 Å². The van der Waals surface area contributed by atoms with E-state index in [1.165, 1.54) is 11.1 Å².